The van der Waals surface area contributed by atoms with E-state index in [-0.39, 0.29) is 17.6 Å². The van der Waals surface area contributed by atoms with E-state index >= 15 is 0 Å². The number of rotatable bonds is 5. The smallest absolute Gasteiger partial charge is 0.278 e. The fraction of sp³-hybridized carbons (Fsp3) is 0.261. The second-order valence-corrected chi connectivity index (χ2v) is 7.54. The first-order valence-corrected chi connectivity index (χ1v) is 10.2. The molecule has 0 spiro atoms. The standard InChI is InChI=1S/C23H26N6O2/c1-31-17-10-8-15(9-11-17)19-13-26-22(25)21(27-19)23(30)28-18-6-2-3-7-20(18)29-12-4-5-16(24)14-29/h2-3,6-11,13,16H,4-5,12,14,24H2,1H3,(H2,25,26)(H,28,30). The minimum absolute atomic E-state index is 0.0761. The van der Waals surface area contributed by atoms with Crippen molar-refractivity contribution in [2.75, 3.05) is 36.1 Å². The Labute approximate surface area is 181 Å². The van der Waals surface area contributed by atoms with E-state index in [4.69, 9.17) is 16.2 Å². The summed E-state index contributed by atoms with van der Waals surface area (Å²) in [6, 6.07) is 15.2. The molecule has 1 saturated heterocycles. The number of hydrogen-bond donors (Lipinski definition) is 3. The molecule has 31 heavy (non-hydrogen) atoms. The van der Waals surface area contributed by atoms with Gasteiger partial charge in [0.05, 0.1) is 30.4 Å². The van der Waals surface area contributed by atoms with E-state index in [1.807, 2.05) is 48.5 Å². The van der Waals surface area contributed by atoms with E-state index in [9.17, 15) is 4.79 Å². The number of nitrogens with zero attached hydrogens (tertiary/aromatic N) is 3. The first kappa shape index (κ1) is 20.6. The zero-order chi connectivity index (χ0) is 21.8. The number of anilines is 3. The summed E-state index contributed by atoms with van der Waals surface area (Å²) in [5.41, 5.74) is 15.2. The summed E-state index contributed by atoms with van der Waals surface area (Å²) in [6.07, 6.45) is 3.58. The SMILES string of the molecule is COc1ccc(-c2cnc(N)c(C(=O)Nc3ccccc3N3CCCC(N)C3)n2)cc1. The molecular formula is C23H26N6O2. The lowest BCUT2D eigenvalue weighted by Gasteiger charge is -2.33. The van der Waals surface area contributed by atoms with Crippen LogP contribution in [0.25, 0.3) is 11.3 Å². The van der Waals surface area contributed by atoms with Crippen LogP contribution in [0, 0.1) is 0 Å². The van der Waals surface area contributed by atoms with Gasteiger partial charge in [-0.05, 0) is 49.2 Å². The van der Waals surface area contributed by atoms with Crippen molar-refractivity contribution in [1.29, 1.82) is 0 Å². The number of hydrogen-bond acceptors (Lipinski definition) is 7. The molecule has 1 amide bonds. The lowest BCUT2D eigenvalue weighted by Crippen LogP contribution is -2.43. The molecule has 1 fully saturated rings. The van der Waals surface area contributed by atoms with Gasteiger partial charge in [-0.25, -0.2) is 9.97 Å². The highest BCUT2D eigenvalue weighted by molar-refractivity contribution is 6.07. The van der Waals surface area contributed by atoms with Gasteiger partial charge >= 0.3 is 0 Å². The zero-order valence-electron chi connectivity index (χ0n) is 17.4. The molecule has 0 radical (unpaired) electrons. The summed E-state index contributed by atoms with van der Waals surface area (Å²) >= 11 is 0. The minimum atomic E-state index is -0.408. The quantitative estimate of drug-likeness (QED) is 0.583. The van der Waals surface area contributed by atoms with Gasteiger partial charge in [-0.1, -0.05) is 12.1 Å². The second kappa shape index (κ2) is 9.01. The predicted molar refractivity (Wildman–Crippen MR) is 122 cm³/mol. The number of nitrogens with one attached hydrogen (secondary N) is 1. The van der Waals surface area contributed by atoms with Crippen LogP contribution in [0.3, 0.4) is 0 Å². The highest BCUT2D eigenvalue weighted by Crippen LogP contribution is 2.29. The van der Waals surface area contributed by atoms with Gasteiger partial charge < -0.3 is 26.4 Å². The first-order chi connectivity index (χ1) is 15.0. The summed E-state index contributed by atoms with van der Waals surface area (Å²) in [7, 11) is 1.61. The highest BCUT2D eigenvalue weighted by Gasteiger charge is 2.21. The Balaban J connectivity index is 1.59. The molecule has 1 aromatic heterocycles. The molecular weight excluding hydrogens is 392 g/mol. The number of nitrogen functional groups attached to an aromatic ring is 1. The highest BCUT2D eigenvalue weighted by atomic mass is 16.5. The van der Waals surface area contributed by atoms with Crippen molar-refractivity contribution in [2.24, 2.45) is 5.73 Å². The maximum atomic E-state index is 13.1. The Morgan fingerprint density at radius 3 is 2.71 bits per heavy atom. The van der Waals surface area contributed by atoms with Crippen molar-refractivity contribution in [3.63, 3.8) is 0 Å². The number of carbonyl (C=O) groups excluding carboxylic acids is 1. The van der Waals surface area contributed by atoms with Crippen LogP contribution in [0.15, 0.2) is 54.7 Å². The number of methoxy groups -OCH3 is 1. The molecule has 1 atom stereocenters. The van der Waals surface area contributed by atoms with Crippen molar-refractivity contribution >= 4 is 23.1 Å². The second-order valence-electron chi connectivity index (χ2n) is 7.54. The van der Waals surface area contributed by atoms with Crippen LogP contribution in [0.4, 0.5) is 17.2 Å². The topological polar surface area (TPSA) is 119 Å². The average molecular weight is 419 g/mol. The van der Waals surface area contributed by atoms with Crippen molar-refractivity contribution in [1.82, 2.24) is 9.97 Å². The van der Waals surface area contributed by atoms with E-state index in [2.05, 4.69) is 20.2 Å². The van der Waals surface area contributed by atoms with Crippen LogP contribution < -0.4 is 26.4 Å². The van der Waals surface area contributed by atoms with Crippen molar-refractivity contribution in [3.05, 3.63) is 60.4 Å². The molecule has 5 N–H and O–H groups in total. The number of amides is 1. The Morgan fingerprint density at radius 2 is 1.97 bits per heavy atom. The van der Waals surface area contributed by atoms with Gasteiger partial charge in [0.25, 0.3) is 5.91 Å². The Morgan fingerprint density at radius 1 is 1.19 bits per heavy atom. The third-order valence-corrected chi connectivity index (χ3v) is 5.35. The number of nitrogens with two attached hydrogens (primary N) is 2. The largest absolute Gasteiger partial charge is 0.497 e. The van der Waals surface area contributed by atoms with Crippen LogP contribution in [0.1, 0.15) is 23.3 Å². The summed E-state index contributed by atoms with van der Waals surface area (Å²) in [4.78, 5) is 23.9. The van der Waals surface area contributed by atoms with Gasteiger partial charge in [-0.3, -0.25) is 4.79 Å². The summed E-state index contributed by atoms with van der Waals surface area (Å²) in [5, 5.41) is 2.95. The van der Waals surface area contributed by atoms with E-state index in [0.29, 0.717) is 11.4 Å². The molecule has 1 aliphatic rings. The molecule has 0 saturated carbocycles. The lowest BCUT2D eigenvalue weighted by molar-refractivity contribution is 0.102. The molecule has 0 bridgehead atoms. The predicted octanol–water partition coefficient (Wildman–Crippen LogP) is 2.91. The Bertz CT molecular complexity index is 1070. The minimum Gasteiger partial charge on any atom is -0.497 e. The number of ether oxygens (including phenoxy) is 1. The summed E-state index contributed by atoms with van der Waals surface area (Å²) in [5.74, 6) is 0.403. The van der Waals surface area contributed by atoms with Gasteiger partial charge in [0, 0.05) is 24.7 Å². The fourth-order valence-electron chi connectivity index (χ4n) is 3.73. The Kier molecular flexibility index (Phi) is 5.99. The van der Waals surface area contributed by atoms with Gasteiger partial charge in [0.2, 0.25) is 0 Å². The van der Waals surface area contributed by atoms with Crippen LogP contribution in [0.5, 0.6) is 5.75 Å². The van der Waals surface area contributed by atoms with Gasteiger partial charge in [-0.2, -0.15) is 0 Å². The van der Waals surface area contributed by atoms with E-state index in [1.165, 1.54) is 0 Å². The molecule has 3 aromatic rings. The third-order valence-electron chi connectivity index (χ3n) is 5.35. The summed E-state index contributed by atoms with van der Waals surface area (Å²) in [6.45, 7) is 1.65. The lowest BCUT2D eigenvalue weighted by atomic mass is 10.1. The fourth-order valence-corrected chi connectivity index (χ4v) is 3.73. The van der Waals surface area contributed by atoms with Crippen LogP contribution in [-0.2, 0) is 0 Å². The van der Waals surface area contributed by atoms with Crippen LogP contribution in [-0.4, -0.2) is 42.1 Å². The van der Waals surface area contributed by atoms with E-state index in [1.54, 1.807) is 13.3 Å². The van der Waals surface area contributed by atoms with Crippen LogP contribution in [0.2, 0.25) is 0 Å². The van der Waals surface area contributed by atoms with Crippen molar-refractivity contribution < 1.29 is 9.53 Å². The summed E-state index contributed by atoms with van der Waals surface area (Å²) < 4.78 is 5.19. The number of piperidine rings is 1. The number of benzene rings is 2. The molecule has 1 unspecified atom stereocenters. The van der Waals surface area contributed by atoms with Gasteiger partial charge in [0.15, 0.2) is 11.5 Å². The molecule has 2 aromatic carbocycles. The van der Waals surface area contributed by atoms with Crippen molar-refractivity contribution in [3.8, 4) is 17.0 Å². The molecule has 160 valence electrons. The van der Waals surface area contributed by atoms with Gasteiger partial charge in [0.1, 0.15) is 5.75 Å². The molecule has 0 aliphatic carbocycles. The maximum Gasteiger partial charge on any atom is 0.278 e. The number of para-hydroxylation sites is 2. The molecule has 4 rings (SSSR count). The maximum absolute atomic E-state index is 13.1. The number of aromatic nitrogens is 2. The molecule has 2 heterocycles. The van der Waals surface area contributed by atoms with E-state index in [0.717, 1.165) is 42.9 Å². The molecule has 1 aliphatic heterocycles. The Hall–Kier alpha value is -3.65. The molecule has 8 heteroatoms. The van der Waals surface area contributed by atoms with Crippen LogP contribution >= 0.6 is 0 Å². The monoisotopic (exact) mass is 418 g/mol. The zero-order valence-corrected chi connectivity index (χ0v) is 17.4. The normalized spacial score (nSPS) is 16.1. The molecule has 8 nitrogen and oxygen atoms in total. The first-order valence-electron chi connectivity index (χ1n) is 10.2. The third kappa shape index (κ3) is 4.59. The number of carbonyl (C=O) groups is 1. The average Bonchev–Trinajstić information content (AvgIpc) is 2.80. The van der Waals surface area contributed by atoms with Gasteiger partial charge in [-0.15, -0.1) is 0 Å². The van der Waals surface area contributed by atoms with Crippen molar-refractivity contribution in [2.45, 2.75) is 18.9 Å². The van der Waals surface area contributed by atoms with E-state index < -0.39 is 5.91 Å².